The number of alkyl halides is 3. The van der Waals surface area contributed by atoms with Gasteiger partial charge in [0.25, 0.3) is 5.91 Å². The van der Waals surface area contributed by atoms with Crippen molar-refractivity contribution in [2.75, 3.05) is 25.6 Å². The molecule has 3 aromatic rings. The molecule has 0 aliphatic rings. The molecule has 0 bridgehead atoms. The number of ether oxygens (including phenoxy) is 2. The van der Waals surface area contributed by atoms with E-state index in [1.54, 1.807) is 6.92 Å². The van der Waals surface area contributed by atoms with E-state index in [0.717, 1.165) is 23.5 Å². The molecule has 2 N–H and O–H groups in total. The van der Waals surface area contributed by atoms with Crippen LogP contribution in [0.5, 0.6) is 5.75 Å². The van der Waals surface area contributed by atoms with Gasteiger partial charge in [0.05, 0.1) is 41.2 Å². The van der Waals surface area contributed by atoms with Crippen LogP contribution < -0.4 is 5.32 Å². The van der Waals surface area contributed by atoms with E-state index in [2.05, 4.69) is 10.3 Å². The lowest BCUT2D eigenvalue weighted by Crippen LogP contribution is -2.12. The Morgan fingerprint density at radius 2 is 2.00 bits per heavy atom. The highest BCUT2D eigenvalue weighted by Gasteiger charge is 2.32. The number of carbonyl (C=O) groups is 1. The minimum atomic E-state index is -4.55. The molecule has 0 atom stereocenters. The Bertz CT molecular complexity index is 1120. The molecule has 0 saturated heterocycles. The number of hydrogen-bond donors (Lipinski definition) is 2. The normalized spacial score (nSPS) is 11.8. The molecule has 0 unspecified atom stereocenters. The van der Waals surface area contributed by atoms with Gasteiger partial charge in [-0.3, -0.25) is 10.1 Å². The third-order valence-electron chi connectivity index (χ3n) is 4.32. The number of thiazole rings is 1. The number of phenols is 1. The Balaban J connectivity index is 1.94. The van der Waals surface area contributed by atoms with Crippen molar-refractivity contribution in [1.82, 2.24) is 4.98 Å². The molecule has 0 spiro atoms. The number of fused-ring (bicyclic) bond motifs is 1. The van der Waals surface area contributed by atoms with Crippen LogP contribution in [0.3, 0.4) is 0 Å². The van der Waals surface area contributed by atoms with E-state index < -0.39 is 17.6 Å². The summed E-state index contributed by atoms with van der Waals surface area (Å²) in [5.74, 6) is -0.925. The maximum absolute atomic E-state index is 13.3. The lowest BCUT2D eigenvalue weighted by molar-refractivity contribution is -0.137. The van der Waals surface area contributed by atoms with Crippen molar-refractivity contribution in [2.45, 2.75) is 19.7 Å². The Hall–Kier alpha value is -2.40. The Labute approximate surface area is 184 Å². The number of aromatic nitrogens is 1. The summed E-state index contributed by atoms with van der Waals surface area (Å²) in [5, 5.41) is 13.0. The SMILES string of the molecule is COCCOCc1cc(C(F)(F)F)cc2sc(NC(=O)c3cc(Cl)cc(C)c3O)nc12. The van der Waals surface area contributed by atoms with Crippen LogP contribution in [0.1, 0.15) is 27.0 Å². The molecule has 0 fully saturated rings. The average Bonchev–Trinajstić information content (AvgIpc) is 3.09. The molecule has 1 amide bonds. The van der Waals surface area contributed by atoms with Crippen molar-refractivity contribution >= 4 is 44.2 Å². The summed E-state index contributed by atoms with van der Waals surface area (Å²) >= 11 is 6.84. The van der Waals surface area contributed by atoms with E-state index in [1.807, 2.05) is 0 Å². The predicted octanol–water partition coefficient (Wildman–Crippen LogP) is 5.40. The Kier molecular flexibility index (Phi) is 7.05. The van der Waals surface area contributed by atoms with Crippen LogP contribution in [0, 0.1) is 6.92 Å². The number of nitrogens with one attached hydrogen (secondary N) is 1. The van der Waals surface area contributed by atoms with Gasteiger partial charge in [-0.1, -0.05) is 22.9 Å². The van der Waals surface area contributed by atoms with Crippen molar-refractivity contribution in [2.24, 2.45) is 0 Å². The second-order valence-electron chi connectivity index (χ2n) is 6.62. The molecule has 0 aliphatic carbocycles. The van der Waals surface area contributed by atoms with Crippen molar-refractivity contribution in [3.63, 3.8) is 0 Å². The van der Waals surface area contributed by atoms with Gasteiger partial charge in [0.15, 0.2) is 5.13 Å². The quantitative estimate of drug-likeness (QED) is 0.448. The third-order valence-corrected chi connectivity index (χ3v) is 5.46. The van der Waals surface area contributed by atoms with Crippen LogP contribution in [0.2, 0.25) is 5.02 Å². The van der Waals surface area contributed by atoms with Gasteiger partial charge in [0.2, 0.25) is 0 Å². The van der Waals surface area contributed by atoms with Crippen LogP contribution in [-0.2, 0) is 22.3 Å². The maximum atomic E-state index is 13.3. The smallest absolute Gasteiger partial charge is 0.416 e. The molecule has 1 aromatic heterocycles. The van der Waals surface area contributed by atoms with E-state index in [4.69, 9.17) is 21.1 Å². The molecule has 11 heteroatoms. The summed E-state index contributed by atoms with van der Waals surface area (Å²) in [6.07, 6.45) is -4.55. The average molecular weight is 475 g/mol. The Morgan fingerprint density at radius 3 is 2.68 bits per heavy atom. The van der Waals surface area contributed by atoms with Crippen LogP contribution >= 0.6 is 22.9 Å². The maximum Gasteiger partial charge on any atom is 0.416 e. The fourth-order valence-electron chi connectivity index (χ4n) is 2.82. The number of anilines is 1. The fraction of sp³-hybridized carbons (Fsp3) is 0.300. The van der Waals surface area contributed by atoms with Gasteiger partial charge in [0, 0.05) is 17.7 Å². The van der Waals surface area contributed by atoms with Crippen LogP contribution in [0.25, 0.3) is 10.2 Å². The number of rotatable bonds is 7. The Morgan fingerprint density at radius 1 is 1.26 bits per heavy atom. The van der Waals surface area contributed by atoms with Gasteiger partial charge in [-0.2, -0.15) is 13.2 Å². The molecular formula is C20H18ClF3N2O4S. The summed E-state index contributed by atoms with van der Waals surface area (Å²) in [4.78, 5) is 16.9. The first-order valence-electron chi connectivity index (χ1n) is 8.98. The topological polar surface area (TPSA) is 80.7 Å². The van der Waals surface area contributed by atoms with Gasteiger partial charge in [-0.15, -0.1) is 0 Å². The van der Waals surface area contributed by atoms with Crippen LogP contribution in [0.15, 0.2) is 24.3 Å². The van der Waals surface area contributed by atoms with E-state index >= 15 is 0 Å². The van der Waals surface area contributed by atoms with Gasteiger partial charge in [0.1, 0.15) is 5.75 Å². The summed E-state index contributed by atoms with van der Waals surface area (Å²) in [6, 6.07) is 4.75. The molecule has 6 nitrogen and oxygen atoms in total. The van der Waals surface area contributed by atoms with Crippen molar-refractivity contribution in [3.8, 4) is 5.75 Å². The highest BCUT2D eigenvalue weighted by molar-refractivity contribution is 7.22. The number of amides is 1. The summed E-state index contributed by atoms with van der Waals surface area (Å²) in [5.41, 5.74) is 0.0296. The number of carbonyl (C=O) groups excluding carboxylic acids is 1. The minimum absolute atomic E-state index is 0.0663. The summed E-state index contributed by atoms with van der Waals surface area (Å²) in [6.45, 7) is 1.98. The highest BCUT2D eigenvalue weighted by atomic mass is 35.5. The zero-order valence-corrected chi connectivity index (χ0v) is 18.0. The van der Waals surface area contributed by atoms with Crippen molar-refractivity contribution in [1.29, 1.82) is 0 Å². The molecule has 0 radical (unpaired) electrons. The predicted molar refractivity (Wildman–Crippen MR) is 112 cm³/mol. The van der Waals surface area contributed by atoms with Crippen molar-refractivity contribution in [3.05, 3.63) is 51.5 Å². The third kappa shape index (κ3) is 5.45. The molecule has 3 rings (SSSR count). The van der Waals surface area contributed by atoms with Gasteiger partial charge in [-0.25, -0.2) is 4.98 Å². The van der Waals surface area contributed by atoms with Crippen LogP contribution in [-0.4, -0.2) is 36.3 Å². The summed E-state index contributed by atoms with van der Waals surface area (Å²) < 4.78 is 50.4. The van der Waals surface area contributed by atoms with Crippen LogP contribution in [0.4, 0.5) is 18.3 Å². The zero-order valence-electron chi connectivity index (χ0n) is 16.5. The second kappa shape index (κ2) is 9.39. The van der Waals surface area contributed by atoms with E-state index in [-0.39, 0.29) is 50.5 Å². The standard InChI is InChI=1S/C20H18ClF3N2O4S/c1-10-5-13(21)8-14(17(10)27)18(28)26-19-25-16-11(9-30-4-3-29-2)6-12(20(22,23)24)7-15(16)31-19/h5-8,27H,3-4,9H2,1-2H3,(H,25,26,28). The number of hydrogen-bond acceptors (Lipinski definition) is 6. The minimum Gasteiger partial charge on any atom is -0.507 e. The van der Waals surface area contributed by atoms with Gasteiger partial charge < -0.3 is 14.6 Å². The number of aryl methyl sites for hydroxylation is 1. The molecule has 0 aliphatic heterocycles. The van der Waals surface area contributed by atoms with E-state index in [1.165, 1.54) is 19.2 Å². The highest BCUT2D eigenvalue weighted by Crippen LogP contribution is 2.37. The first-order chi connectivity index (χ1) is 14.6. The first kappa shape index (κ1) is 23.3. The van der Waals surface area contributed by atoms with E-state index in [0.29, 0.717) is 12.2 Å². The van der Waals surface area contributed by atoms with Crippen molar-refractivity contribution < 1.29 is 32.5 Å². The van der Waals surface area contributed by atoms with Gasteiger partial charge >= 0.3 is 6.18 Å². The monoisotopic (exact) mass is 474 g/mol. The molecule has 2 aromatic carbocycles. The molecule has 1 heterocycles. The molecule has 31 heavy (non-hydrogen) atoms. The zero-order chi connectivity index (χ0) is 22.8. The number of phenolic OH excluding ortho intramolecular Hbond substituents is 1. The lowest BCUT2D eigenvalue weighted by atomic mass is 10.1. The molecule has 166 valence electrons. The lowest BCUT2D eigenvalue weighted by Gasteiger charge is -2.10. The number of benzene rings is 2. The second-order valence-corrected chi connectivity index (χ2v) is 8.08. The number of halogens is 4. The van der Waals surface area contributed by atoms with Gasteiger partial charge in [-0.05, 0) is 36.8 Å². The molecule has 0 saturated carbocycles. The number of aromatic hydroxyl groups is 1. The first-order valence-corrected chi connectivity index (χ1v) is 10.2. The fourth-order valence-corrected chi connectivity index (χ4v) is 4.04. The number of nitrogens with zero attached hydrogens (tertiary/aromatic N) is 1. The number of methoxy groups -OCH3 is 1. The largest absolute Gasteiger partial charge is 0.507 e. The molecular weight excluding hydrogens is 457 g/mol. The van der Waals surface area contributed by atoms with E-state index in [9.17, 15) is 23.1 Å². The summed E-state index contributed by atoms with van der Waals surface area (Å²) in [7, 11) is 1.49.